The minimum atomic E-state index is -0.211. The maximum atomic E-state index is 6.53. The van der Waals surface area contributed by atoms with E-state index in [-0.39, 0.29) is 10.8 Å². The summed E-state index contributed by atoms with van der Waals surface area (Å²) in [6.45, 7) is 9.39. The number of anilines is 3. The van der Waals surface area contributed by atoms with Gasteiger partial charge in [-0.3, -0.25) is 0 Å². The Morgan fingerprint density at radius 3 is 1.59 bits per heavy atom. The lowest BCUT2D eigenvalue weighted by Crippen LogP contribution is -2.17. The predicted molar refractivity (Wildman–Crippen MR) is 242 cm³/mol. The van der Waals surface area contributed by atoms with Gasteiger partial charge in [-0.1, -0.05) is 173 Å². The molecular weight excluding hydrogens is 703 g/mol. The third-order valence-electron chi connectivity index (χ3n) is 12.9. The summed E-state index contributed by atoms with van der Waals surface area (Å²) in [5, 5.41) is 1.20. The van der Waals surface area contributed by atoms with Gasteiger partial charge in [0.25, 0.3) is 0 Å². The molecule has 0 bridgehead atoms. The number of nitrogens with zero attached hydrogens (tertiary/aromatic N) is 1. The number of fused-ring (bicyclic) bond motifs is 8. The van der Waals surface area contributed by atoms with E-state index in [4.69, 9.17) is 4.42 Å². The second kappa shape index (κ2) is 12.8. The number of hydrogen-bond acceptors (Lipinski definition) is 2. The molecule has 1 aromatic heterocycles. The molecule has 278 valence electrons. The molecule has 2 aliphatic rings. The highest BCUT2D eigenvalue weighted by atomic mass is 16.3. The average molecular weight is 746 g/mol. The third kappa shape index (κ3) is 5.18. The minimum Gasteiger partial charge on any atom is -0.456 e. The van der Waals surface area contributed by atoms with Crippen LogP contribution in [0.4, 0.5) is 17.1 Å². The van der Waals surface area contributed by atoms with Crippen molar-refractivity contribution < 1.29 is 4.42 Å². The van der Waals surface area contributed by atoms with E-state index in [0.717, 1.165) is 28.4 Å². The Bertz CT molecular complexity index is 3020. The lowest BCUT2D eigenvalue weighted by Gasteiger charge is -2.29. The summed E-state index contributed by atoms with van der Waals surface area (Å²) in [6.07, 6.45) is 0. The van der Waals surface area contributed by atoms with Gasteiger partial charge in [0.05, 0.1) is 0 Å². The first-order valence-corrected chi connectivity index (χ1v) is 20.3. The van der Waals surface area contributed by atoms with Gasteiger partial charge in [-0.2, -0.15) is 0 Å². The van der Waals surface area contributed by atoms with E-state index in [9.17, 15) is 0 Å². The van der Waals surface area contributed by atoms with E-state index >= 15 is 0 Å². The number of hydrogen-bond donors (Lipinski definition) is 0. The fraction of sp³-hybridized carbons (Fsp3) is 0.107. The number of furan rings is 1. The van der Waals surface area contributed by atoms with Crippen LogP contribution in [0.3, 0.4) is 0 Å². The van der Waals surface area contributed by atoms with Crippen molar-refractivity contribution in [1.82, 2.24) is 0 Å². The zero-order valence-corrected chi connectivity index (χ0v) is 33.3. The van der Waals surface area contributed by atoms with Crippen LogP contribution < -0.4 is 4.90 Å². The maximum Gasteiger partial charge on any atom is 0.139 e. The largest absolute Gasteiger partial charge is 0.456 e. The summed E-state index contributed by atoms with van der Waals surface area (Å²) >= 11 is 0. The average Bonchev–Trinajstić information content (AvgIpc) is 3.85. The van der Waals surface area contributed by atoms with Gasteiger partial charge in [0.1, 0.15) is 11.3 Å². The van der Waals surface area contributed by atoms with Gasteiger partial charge in [-0.05, 0) is 104 Å². The normalized spacial score (nSPS) is 14.1. The number of benzene rings is 8. The minimum absolute atomic E-state index is 0.105. The molecule has 9 aromatic rings. The number of para-hydroxylation sites is 1. The van der Waals surface area contributed by atoms with Gasteiger partial charge in [0.2, 0.25) is 0 Å². The second-order valence-electron chi connectivity index (χ2n) is 16.9. The first-order valence-electron chi connectivity index (χ1n) is 20.3. The lowest BCUT2D eigenvalue weighted by atomic mass is 9.78. The SMILES string of the molecule is CC1(C)c2ccccc2-c2ccc(N(c3ccc(-c4ccc(-c5ccccc5)cc4)cc3)c3ccc(-c4cccc5c4C(C)(C)c4c-5oc5ccccc45)cc3)cc21. The summed E-state index contributed by atoms with van der Waals surface area (Å²) < 4.78 is 6.53. The van der Waals surface area contributed by atoms with Gasteiger partial charge in [-0.25, -0.2) is 0 Å². The monoisotopic (exact) mass is 745 g/mol. The Balaban J connectivity index is 0.991. The highest BCUT2D eigenvalue weighted by Crippen LogP contribution is 2.56. The van der Waals surface area contributed by atoms with E-state index in [2.05, 4.69) is 221 Å². The molecule has 0 N–H and O–H groups in total. The standard InChI is InChI=1S/C56H43NO/c1-55(2)49-19-10-8-15-45(49)46-34-33-43(35-50(46)55)57(41-29-25-39(26-30-41)38-23-21-37(22-24-38)36-13-6-5-7-14-36)42-31-27-40(28-32-42)44-17-12-18-48-52(44)56(3,4)53-47-16-9-11-20-51(47)58-54(48)53/h5-35H,1-4H3. The van der Waals surface area contributed by atoms with Crippen molar-refractivity contribution in [2.24, 2.45) is 0 Å². The molecule has 0 saturated carbocycles. The van der Waals surface area contributed by atoms with Crippen LogP contribution in [0.15, 0.2) is 192 Å². The molecular formula is C56H43NO. The van der Waals surface area contributed by atoms with E-state index in [1.165, 1.54) is 77.7 Å². The van der Waals surface area contributed by atoms with Crippen LogP contribution in [-0.2, 0) is 10.8 Å². The topological polar surface area (TPSA) is 16.4 Å². The zero-order valence-electron chi connectivity index (χ0n) is 33.3. The van der Waals surface area contributed by atoms with Crippen LogP contribution in [0, 0.1) is 0 Å². The van der Waals surface area contributed by atoms with Gasteiger partial charge in [-0.15, -0.1) is 0 Å². The molecule has 0 amide bonds. The Morgan fingerprint density at radius 2 is 0.879 bits per heavy atom. The molecule has 1 heterocycles. The summed E-state index contributed by atoms with van der Waals surface area (Å²) in [7, 11) is 0. The fourth-order valence-electron chi connectivity index (χ4n) is 9.99. The molecule has 0 spiro atoms. The highest BCUT2D eigenvalue weighted by Gasteiger charge is 2.42. The van der Waals surface area contributed by atoms with Crippen molar-refractivity contribution in [2.75, 3.05) is 4.90 Å². The summed E-state index contributed by atoms with van der Waals surface area (Å²) in [5.41, 5.74) is 20.5. The van der Waals surface area contributed by atoms with Crippen LogP contribution in [-0.4, -0.2) is 0 Å². The van der Waals surface area contributed by atoms with Gasteiger partial charge >= 0.3 is 0 Å². The predicted octanol–water partition coefficient (Wildman–Crippen LogP) is 15.5. The van der Waals surface area contributed by atoms with Crippen LogP contribution >= 0.6 is 0 Å². The first kappa shape index (κ1) is 34.4. The molecule has 0 radical (unpaired) electrons. The van der Waals surface area contributed by atoms with E-state index < -0.39 is 0 Å². The first-order chi connectivity index (χ1) is 28.3. The summed E-state index contributed by atoms with van der Waals surface area (Å²) in [6, 6.07) is 68.6. The number of rotatable bonds is 6. The molecule has 8 aromatic carbocycles. The molecule has 0 saturated heterocycles. The van der Waals surface area contributed by atoms with Crippen molar-refractivity contribution in [3.05, 3.63) is 210 Å². The third-order valence-corrected chi connectivity index (χ3v) is 12.9. The van der Waals surface area contributed by atoms with Gasteiger partial charge in [0, 0.05) is 44.4 Å². The van der Waals surface area contributed by atoms with E-state index in [1.54, 1.807) is 0 Å². The van der Waals surface area contributed by atoms with Crippen LogP contribution in [0.1, 0.15) is 49.9 Å². The molecule has 2 heteroatoms. The van der Waals surface area contributed by atoms with Gasteiger partial charge < -0.3 is 9.32 Å². The van der Waals surface area contributed by atoms with Crippen molar-refractivity contribution >= 4 is 28.0 Å². The van der Waals surface area contributed by atoms with Crippen molar-refractivity contribution in [2.45, 2.75) is 38.5 Å². The molecule has 0 aliphatic heterocycles. The van der Waals surface area contributed by atoms with E-state index in [1.807, 2.05) is 0 Å². The van der Waals surface area contributed by atoms with Crippen molar-refractivity contribution in [3.8, 4) is 55.8 Å². The summed E-state index contributed by atoms with van der Waals surface area (Å²) in [4.78, 5) is 2.41. The smallest absolute Gasteiger partial charge is 0.139 e. The van der Waals surface area contributed by atoms with Crippen LogP contribution in [0.25, 0.3) is 66.8 Å². The van der Waals surface area contributed by atoms with Gasteiger partial charge in [0.15, 0.2) is 0 Å². The Kier molecular flexibility index (Phi) is 7.59. The molecule has 2 nitrogen and oxygen atoms in total. The lowest BCUT2D eigenvalue weighted by molar-refractivity contribution is 0.619. The molecule has 58 heavy (non-hydrogen) atoms. The summed E-state index contributed by atoms with van der Waals surface area (Å²) in [5.74, 6) is 1.00. The zero-order chi connectivity index (χ0) is 39.2. The molecule has 0 atom stereocenters. The molecule has 2 aliphatic carbocycles. The van der Waals surface area contributed by atoms with Crippen molar-refractivity contribution in [3.63, 3.8) is 0 Å². The molecule has 11 rings (SSSR count). The van der Waals surface area contributed by atoms with E-state index in [0.29, 0.717) is 0 Å². The molecule has 0 fully saturated rings. The Hall–Kier alpha value is -6.90. The van der Waals surface area contributed by atoms with Crippen LogP contribution in [0.5, 0.6) is 0 Å². The second-order valence-corrected chi connectivity index (χ2v) is 16.9. The fourth-order valence-corrected chi connectivity index (χ4v) is 9.99. The van der Waals surface area contributed by atoms with Crippen molar-refractivity contribution in [1.29, 1.82) is 0 Å². The Morgan fingerprint density at radius 1 is 0.362 bits per heavy atom. The quantitative estimate of drug-likeness (QED) is 0.169. The molecule has 0 unspecified atom stereocenters. The van der Waals surface area contributed by atoms with Crippen LogP contribution in [0.2, 0.25) is 0 Å². The Labute approximate surface area is 340 Å². The highest BCUT2D eigenvalue weighted by molar-refractivity contribution is 5.97. The maximum absolute atomic E-state index is 6.53.